The zero-order chi connectivity index (χ0) is 23.3. The molecule has 2 nitrogen and oxygen atoms in total. The molecule has 0 aliphatic carbocycles. The minimum atomic E-state index is -0.118. The number of rotatable bonds is 17. The van der Waals surface area contributed by atoms with Gasteiger partial charge in [0.1, 0.15) is 0 Å². The maximum Gasteiger partial charge on any atom is 0.339 e. The second-order valence-corrected chi connectivity index (χ2v) is 11.1. The van der Waals surface area contributed by atoms with E-state index in [2.05, 4.69) is 36.7 Å². The van der Waals surface area contributed by atoms with Crippen LogP contribution < -0.4 is 0 Å². The summed E-state index contributed by atoms with van der Waals surface area (Å²) in [5.74, 6) is -0.118. The summed E-state index contributed by atoms with van der Waals surface area (Å²) in [6, 6.07) is 4.32. The van der Waals surface area contributed by atoms with Gasteiger partial charge in [0.15, 0.2) is 0 Å². The average Bonchev–Trinajstić information content (AvgIpc) is 3.49. The Morgan fingerprint density at radius 3 is 1.85 bits per heavy atom. The summed E-state index contributed by atoms with van der Waals surface area (Å²) in [5.41, 5.74) is 2.04. The Bertz CT molecular complexity index is 969. The van der Waals surface area contributed by atoms with E-state index in [-0.39, 0.29) is 5.97 Å². The van der Waals surface area contributed by atoms with Crippen LogP contribution in [0.2, 0.25) is 0 Å². The van der Waals surface area contributed by atoms with Crippen molar-refractivity contribution < 1.29 is 9.53 Å². The van der Waals surface area contributed by atoms with Crippen molar-refractivity contribution in [2.45, 2.75) is 110 Å². The summed E-state index contributed by atoms with van der Waals surface area (Å²) >= 11 is 3.54. The summed E-state index contributed by atoms with van der Waals surface area (Å²) in [7, 11) is 0. The molecule has 0 atom stereocenters. The Kier molecular flexibility index (Phi) is 11.7. The highest BCUT2D eigenvalue weighted by Crippen LogP contribution is 2.40. The summed E-state index contributed by atoms with van der Waals surface area (Å²) in [6.07, 6.45) is 18.7. The molecule has 0 fully saturated rings. The predicted molar refractivity (Wildman–Crippen MR) is 147 cm³/mol. The number of thiophene rings is 2. The first-order chi connectivity index (χ1) is 16.3. The van der Waals surface area contributed by atoms with Crippen molar-refractivity contribution in [3.63, 3.8) is 0 Å². The third-order valence-corrected chi connectivity index (χ3v) is 8.64. The van der Waals surface area contributed by atoms with E-state index in [1.165, 1.54) is 91.0 Å². The van der Waals surface area contributed by atoms with E-state index in [1.54, 1.807) is 22.7 Å². The molecule has 182 valence electrons. The molecule has 0 radical (unpaired) electrons. The molecule has 0 amide bonds. The molecule has 33 heavy (non-hydrogen) atoms. The van der Waals surface area contributed by atoms with E-state index in [1.807, 2.05) is 0 Å². The van der Waals surface area contributed by atoms with Crippen molar-refractivity contribution in [3.8, 4) is 0 Å². The second-order valence-electron chi connectivity index (χ2n) is 9.31. The molecule has 0 saturated heterocycles. The van der Waals surface area contributed by atoms with Crippen LogP contribution in [0.4, 0.5) is 0 Å². The predicted octanol–water partition coefficient (Wildman–Crippen LogP) is 10.3. The fraction of sp³-hybridized carbons (Fsp3) is 0.621. The van der Waals surface area contributed by atoms with Crippen LogP contribution in [-0.2, 0) is 11.2 Å². The van der Waals surface area contributed by atoms with E-state index in [9.17, 15) is 4.79 Å². The van der Waals surface area contributed by atoms with Crippen molar-refractivity contribution in [2.75, 3.05) is 6.61 Å². The zero-order valence-corrected chi connectivity index (χ0v) is 22.4. The van der Waals surface area contributed by atoms with Crippen molar-refractivity contribution >= 4 is 48.8 Å². The number of esters is 1. The number of unbranched alkanes of at least 4 members (excludes halogenated alkanes) is 12. The molecule has 4 heteroatoms. The zero-order valence-electron chi connectivity index (χ0n) is 20.8. The van der Waals surface area contributed by atoms with Gasteiger partial charge in [-0.1, -0.05) is 90.9 Å². The SMILES string of the molecule is CCCCCCCCCCCCOC(=O)c1c(CCCCCC)c2ccsc2c2sccc12. The van der Waals surface area contributed by atoms with E-state index in [0.717, 1.165) is 36.6 Å². The van der Waals surface area contributed by atoms with E-state index in [0.29, 0.717) is 6.61 Å². The van der Waals surface area contributed by atoms with Gasteiger partial charge in [0.05, 0.1) is 21.6 Å². The molecule has 0 aliphatic heterocycles. The monoisotopic (exact) mass is 486 g/mol. The van der Waals surface area contributed by atoms with Crippen LogP contribution in [0.15, 0.2) is 22.9 Å². The molecule has 0 unspecified atom stereocenters. The Morgan fingerprint density at radius 2 is 1.21 bits per heavy atom. The molecule has 1 aromatic carbocycles. The van der Waals surface area contributed by atoms with E-state index >= 15 is 0 Å². The minimum Gasteiger partial charge on any atom is -0.462 e. The van der Waals surface area contributed by atoms with Gasteiger partial charge in [-0.25, -0.2) is 4.79 Å². The third-order valence-electron chi connectivity index (χ3n) is 6.65. The fourth-order valence-electron chi connectivity index (χ4n) is 4.75. The normalized spacial score (nSPS) is 11.6. The number of ether oxygens (including phenoxy) is 1. The molecule has 2 heterocycles. The van der Waals surface area contributed by atoms with E-state index < -0.39 is 0 Å². The second kappa shape index (κ2) is 14.8. The lowest BCUT2D eigenvalue weighted by Crippen LogP contribution is -2.10. The van der Waals surface area contributed by atoms with E-state index in [4.69, 9.17) is 4.74 Å². The van der Waals surface area contributed by atoms with Gasteiger partial charge >= 0.3 is 5.97 Å². The topological polar surface area (TPSA) is 26.3 Å². The average molecular weight is 487 g/mol. The largest absolute Gasteiger partial charge is 0.462 e. The summed E-state index contributed by atoms with van der Waals surface area (Å²) < 4.78 is 8.41. The Hall–Kier alpha value is -1.39. The fourth-order valence-corrected chi connectivity index (χ4v) is 6.77. The molecule has 0 N–H and O–H groups in total. The number of aryl methyl sites for hydroxylation is 1. The standard InChI is InChI=1S/C29H42O2S2/c1-3-5-7-9-10-11-12-13-14-16-20-31-29(30)26-23(17-15-8-6-4-2)24-18-21-32-27(24)28-25(26)19-22-33-28/h18-19,21-22H,3-17,20H2,1-2H3. The highest BCUT2D eigenvalue weighted by atomic mass is 32.1. The van der Waals surface area contributed by atoms with Gasteiger partial charge in [-0.2, -0.15) is 0 Å². The Labute approximate surface area is 208 Å². The minimum absolute atomic E-state index is 0.118. The number of benzene rings is 1. The molecule has 0 spiro atoms. The molecule has 0 aliphatic rings. The van der Waals surface area contributed by atoms with Crippen LogP contribution in [0.3, 0.4) is 0 Å². The van der Waals surface area contributed by atoms with Gasteiger partial charge < -0.3 is 4.74 Å². The van der Waals surface area contributed by atoms with Crippen molar-refractivity contribution in [3.05, 3.63) is 34.0 Å². The Morgan fingerprint density at radius 1 is 0.697 bits per heavy atom. The van der Waals surface area contributed by atoms with Crippen LogP contribution in [0, 0.1) is 0 Å². The maximum absolute atomic E-state index is 13.3. The van der Waals surface area contributed by atoms with Crippen LogP contribution in [-0.4, -0.2) is 12.6 Å². The number of carbonyl (C=O) groups excluding carboxylic acids is 1. The van der Waals surface area contributed by atoms with Crippen LogP contribution >= 0.6 is 22.7 Å². The van der Waals surface area contributed by atoms with Gasteiger partial charge in [-0.05, 0) is 53.1 Å². The lowest BCUT2D eigenvalue weighted by Gasteiger charge is -2.13. The highest BCUT2D eigenvalue weighted by Gasteiger charge is 2.22. The first-order valence-electron chi connectivity index (χ1n) is 13.3. The molecule has 3 rings (SSSR count). The first-order valence-corrected chi connectivity index (χ1v) is 15.1. The summed E-state index contributed by atoms with van der Waals surface area (Å²) in [6.45, 7) is 5.05. The summed E-state index contributed by atoms with van der Waals surface area (Å²) in [4.78, 5) is 13.3. The lowest BCUT2D eigenvalue weighted by atomic mass is 9.95. The number of fused-ring (bicyclic) bond motifs is 3. The molecule has 3 aromatic rings. The molecule has 2 aromatic heterocycles. The first kappa shape index (κ1) is 26.2. The summed E-state index contributed by atoms with van der Waals surface area (Å²) in [5, 5.41) is 6.63. The van der Waals surface area contributed by atoms with Gasteiger partial charge in [-0.3, -0.25) is 0 Å². The van der Waals surface area contributed by atoms with Crippen molar-refractivity contribution in [2.24, 2.45) is 0 Å². The quantitative estimate of drug-likeness (QED) is 0.140. The third kappa shape index (κ3) is 7.55. The van der Waals surface area contributed by atoms with Crippen LogP contribution in [0.5, 0.6) is 0 Å². The van der Waals surface area contributed by atoms with Crippen LogP contribution in [0.1, 0.15) is 120 Å². The molecular weight excluding hydrogens is 444 g/mol. The number of carbonyl (C=O) groups is 1. The molecule has 0 bridgehead atoms. The van der Waals surface area contributed by atoms with Crippen LogP contribution in [0.25, 0.3) is 20.2 Å². The number of hydrogen-bond acceptors (Lipinski definition) is 4. The highest BCUT2D eigenvalue weighted by molar-refractivity contribution is 7.25. The van der Waals surface area contributed by atoms with Gasteiger partial charge in [-0.15, -0.1) is 22.7 Å². The van der Waals surface area contributed by atoms with Gasteiger partial charge in [0.25, 0.3) is 0 Å². The van der Waals surface area contributed by atoms with Crippen molar-refractivity contribution in [1.29, 1.82) is 0 Å². The molecule has 0 saturated carbocycles. The smallest absolute Gasteiger partial charge is 0.339 e. The Balaban J connectivity index is 1.54. The van der Waals surface area contributed by atoms with Crippen molar-refractivity contribution in [1.82, 2.24) is 0 Å². The van der Waals surface area contributed by atoms with Gasteiger partial charge in [0, 0.05) is 5.39 Å². The maximum atomic E-state index is 13.3. The lowest BCUT2D eigenvalue weighted by molar-refractivity contribution is 0.0499. The molecular formula is C29H42O2S2. The number of hydrogen-bond donors (Lipinski definition) is 0. The van der Waals surface area contributed by atoms with Gasteiger partial charge in [0.2, 0.25) is 0 Å².